The number of piperidine rings is 1. The van der Waals surface area contributed by atoms with Crippen LogP contribution in [0.25, 0.3) is 0 Å². The summed E-state index contributed by atoms with van der Waals surface area (Å²) in [5.74, 6) is 0.0417. The molecule has 1 saturated carbocycles. The molecule has 1 aliphatic carbocycles. The van der Waals surface area contributed by atoms with Crippen LogP contribution in [0, 0.1) is 18.3 Å². The Morgan fingerprint density at radius 1 is 1.07 bits per heavy atom. The lowest BCUT2D eigenvalue weighted by Crippen LogP contribution is -2.48. The number of aromatic nitrogens is 1. The van der Waals surface area contributed by atoms with E-state index in [1.807, 2.05) is 50.9 Å². The number of hydrogen-bond donors (Lipinski definition) is 0. The van der Waals surface area contributed by atoms with Crippen molar-refractivity contribution in [3.63, 3.8) is 0 Å². The molecular formula is C23H35N3O2. The smallest absolute Gasteiger partial charge is 0.237 e. The number of pyridine rings is 1. The van der Waals surface area contributed by atoms with E-state index in [2.05, 4.69) is 0 Å². The first-order chi connectivity index (χ1) is 13.3. The van der Waals surface area contributed by atoms with E-state index in [0.717, 1.165) is 43.3 Å². The second kappa shape index (κ2) is 8.62. The Balaban J connectivity index is 1.84. The van der Waals surface area contributed by atoms with Gasteiger partial charge in [-0.05, 0) is 50.3 Å². The molecular weight excluding hydrogens is 350 g/mol. The number of nitrogens with zero attached hydrogens (tertiary/aromatic N) is 3. The highest BCUT2D eigenvalue weighted by Crippen LogP contribution is 2.24. The van der Waals surface area contributed by atoms with Gasteiger partial charge >= 0.3 is 0 Å². The normalized spacial score (nSPS) is 22.4. The second-order valence-electron chi connectivity index (χ2n) is 9.53. The highest BCUT2D eigenvalue weighted by Gasteiger charge is 2.34. The van der Waals surface area contributed by atoms with Gasteiger partial charge in [-0.15, -0.1) is 0 Å². The lowest BCUT2D eigenvalue weighted by molar-refractivity contribution is -0.141. The quantitative estimate of drug-likeness (QED) is 0.774. The first-order valence-electron chi connectivity index (χ1n) is 10.8. The van der Waals surface area contributed by atoms with E-state index < -0.39 is 5.41 Å². The Bertz CT molecular complexity index is 782. The zero-order chi connectivity index (χ0) is 20.3. The third-order valence-corrected chi connectivity index (χ3v) is 5.92. The minimum Gasteiger partial charge on any atom is -0.341 e. The van der Waals surface area contributed by atoms with Gasteiger partial charge in [-0.3, -0.25) is 19.1 Å². The molecule has 154 valence electrons. The summed E-state index contributed by atoms with van der Waals surface area (Å²) in [4.78, 5) is 32.9. The molecule has 1 aromatic heterocycles. The van der Waals surface area contributed by atoms with Gasteiger partial charge in [0.2, 0.25) is 11.8 Å². The van der Waals surface area contributed by atoms with Crippen molar-refractivity contribution in [3.8, 4) is 0 Å². The number of amides is 1. The molecule has 2 heterocycles. The van der Waals surface area contributed by atoms with Gasteiger partial charge < -0.3 is 4.90 Å². The van der Waals surface area contributed by atoms with E-state index in [1.54, 1.807) is 4.57 Å². The number of aryl methyl sites for hydroxylation is 1. The maximum atomic E-state index is 13.4. The summed E-state index contributed by atoms with van der Waals surface area (Å²) in [6.45, 7) is 9.12. The van der Waals surface area contributed by atoms with Gasteiger partial charge in [0.15, 0.2) is 0 Å². The van der Waals surface area contributed by atoms with E-state index in [-0.39, 0.29) is 17.7 Å². The van der Waals surface area contributed by atoms with Gasteiger partial charge in [0.05, 0.1) is 12.0 Å². The third-order valence-electron chi connectivity index (χ3n) is 5.92. The number of rotatable bonds is 2. The summed E-state index contributed by atoms with van der Waals surface area (Å²) >= 11 is 0. The topological polar surface area (TPSA) is 54.7 Å². The van der Waals surface area contributed by atoms with Gasteiger partial charge in [-0.25, -0.2) is 0 Å². The Morgan fingerprint density at radius 2 is 1.79 bits per heavy atom. The molecule has 1 atom stereocenters. The lowest BCUT2D eigenvalue weighted by atomic mass is 9.91. The molecule has 2 aliphatic rings. The zero-order valence-electron chi connectivity index (χ0n) is 17.9. The van der Waals surface area contributed by atoms with Crippen LogP contribution in [0.4, 0.5) is 0 Å². The highest BCUT2D eigenvalue weighted by atomic mass is 16.2. The fourth-order valence-electron chi connectivity index (χ4n) is 4.31. The molecule has 1 saturated heterocycles. The van der Waals surface area contributed by atoms with E-state index in [0.29, 0.717) is 12.6 Å². The van der Waals surface area contributed by atoms with Crippen LogP contribution in [-0.2, 0) is 4.79 Å². The van der Waals surface area contributed by atoms with Crippen LogP contribution >= 0.6 is 0 Å². The van der Waals surface area contributed by atoms with Gasteiger partial charge in [0, 0.05) is 24.7 Å². The SMILES string of the molecule is Cc1ccn(C(=O)C2CCCN(C(=O)C(C)(C)C)C2)c(=NC2CCCCC2)c1. The van der Waals surface area contributed by atoms with Gasteiger partial charge in [-0.1, -0.05) is 40.0 Å². The van der Waals surface area contributed by atoms with Gasteiger partial charge in [0.25, 0.3) is 0 Å². The van der Waals surface area contributed by atoms with E-state index >= 15 is 0 Å². The molecule has 0 spiro atoms. The minimum absolute atomic E-state index is 0.0703. The molecule has 5 nitrogen and oxygen atoms in total. The highest BCUT2D eigenvalue weighted by molar-refractivity contribution is 5.84. The summed E-state index contributed by atoms with van der Waals surface area (Å²) in [7, 11) is 0. The lowest BCUT2D eigenvalue weighted by Gasteiger charge is -2.36. The molecule has 0 radical (unpaired) electrons. The second-order valence-corrected chi connectivity index (χ2v) is 9.53. The van der Waals surface area contributed by atoms with Crippen molar-refractivity contribution in [3.05, 3.63) is 29.4 Å². The van der Waals surface area contributed by atoms with Crippen LogP contribution in [0.2, 0.25) is 0 Å². The zero-order valence-corrected chi connectivity index (χ0v) is 17.9. The molecule has 0 bridgehead atoms. The maximum absolute atomic E-state index is 13.4. The standard InChI is InChI=1S/C23H35N3O2/c1-17-12-14-26(20(15-17)24-19-10-6-5-7-11-19)21(27)18-9-8-13-25(16-18)22(28)23(2,3)4/h12,14-15,18-19H,5-11,13,16H2,1-4H3. The Morgan fingerprint density at radius 3 is 2.46 bits per heavy atom. The molecule has 0 aromatic carbocycles. The van der Waals surface area contributed by atoms with Crippen molar-refractivity contribution < 1.29 is 9.59 Å². The molecule has 1 aromatic rings. The van der Waals surface area contributed by atoms with Crippen LogP contribution in [0.15, 0.2) is 23.3 Å². The summed E-state index contributed by atoms with van der Waals surface area (Å²) in [6.07, 6.45) is 9.53. The molecule has 0 N–H and O–H groups in total. The molecule has 2 fully saturated rings. The monoisotopic (exact) mass is 385 g/mol. The fourth-order valence-corrected chi connectivity index (χ4v) is 4.31. The predicted octanol–water partition coefficient (Wildman–Crippen LogP) is 3.95. The Labute approximate surface area is 168 Å². The molecule has 1 aliphatic heterocycles. The van der Waals surface area contributed by atoms with E-state index in [4.69, 9.17) is 4.99 Å². The summed E-state index contributed by atoms with van der Waals surface area (Å²) < 4.78 is 1.73. The Kier molecular flexibility index (Phi) is 6.41. The van der Waals surface area contributed by atoms with Crippen molar-refractivity contribution in [2.24, 2.45) is 16.3 Å². The van der Waals surface area contributed by atoms with Crippen LogP contribution in [0.5, 0.6) is 0 Å². The van der Waals surface area contributed by atoms with Crippen LogP contribution < -0.4 is 5.49 Å². The van der Waals surface area contributed by atoms with Crippen molar-refractivity contribution in [1.82, 2.24) is 9.47 Å². The third kappa shape index (κ3) is 4.92. The average molecular weight is 386 g/mol. The van der Waals surface area contributed by atoms with Crippen molar-refractivity contribution in [2.75, 3.05) is 13.1 Å². The summed E-state index contributed by atoms with van der Waals surface area (Å²) in [5.41, 5.74) is 1.48. The molecule has 1 amide bonds. The van der Waals surface area contributed by atoms with E-state index in [1.165, 1.54) is 19.3 Å². The van der Waals surface area contributed by atoms with Gasteiger partial charge in [-0.2, -0.15) is 0 Å². The fraction of sp³-hybridized carbons (Fsp3) is 0.696. The maximum Gasteiger partial charge on any atom is 0.237 e. The first kappa shape index (κ1) is 20.8. The summed E-state index contributed by atoms with van der Waals surface area (Å²) in [6, 6.07) is 4.31. The van der Waals surface area contributed by atoms with Gasteiger partial charge in [0.1, 0.15) is 5.49 Å². The number of likely N-dealkylation sites (tertiary alicyclic amines) is 1. The minimum atomic E-state index is -0.413. The van der Waals surface area contributed by atoms with Crippen molar-refractivity contribution in [2.45, 2.75) is 78.7 Å². The van der Waals surface area contributed by atoms with Crippen LogP contribution in [-0.4, -0.2) is 40.4 Å². The largest absolute Gasteiger partial charge is 0.341 e. The first-order valence-corrected chi connectivity index (χ1v) is 10.8. The molecule has 28 heavy (non-hydrogen) atoms. The molecule has 3 rings (SSSR count). The van der Waals surface area contributed by atoms with Crippen molar-refractivity contribution >= 4 is 11.8 Å². The average Bonchev–Trinajstić information content (AvgIpc) is 2.67. The van der Waals surface area contributed by atoms with Crippen molar-refractivity contribution in [1.29, 1.82) is 0 Å². The van der Waals surface area contributed by atoms with E-state index in [9.17, 15) is 9.59 Å². The number of carbonyl (C=O) groups is 2. The van der Waals surface area contributed by atoms with Crippen LogP contribution in [0.1, 0.15) is 76.1 Å². The Hall–Kier alpha value is -1.91. The number of carbonyl (C=O) groups excluding carboxylic acids is 2. The summed E-state index contributed by atoms with van der Waals surface area (Å²) in [5, 5.41) is 0. The molecule has 5 heteroatoms. The molecule has 1 unspecified atom stereocenters. The predicted molar refractivity (Wildman–Crippen MR) is 111 cm³/mol. The number of hydrogen-bond acceptors (Lipinski definition) is 3. The van der Waals surface area contributed by atoms with Crippen LogP contribution in [0.3, 0.4) is 0 Å².